The van der Waals surface area contributed by atoms with Gasteiger partial charge in [0.25, 0.3) is 0 Å². The molecule has 0 saturated heterocycles. The van der Waals surface area contributed by atoms with Crippen LogP contribution in [0.5, 0.6) is 0 Å². The van der Waals surface area contributed by atoms with Crippen LogP contribution in [0.25, 0.3) is 6.08 Å². The zero-order chi connectivity index (χ0) is 18.1. The number of hydrogen-bond acceptors (Lipinski definition) is 3. The van der Waals surface area contributed by atoms with Crippen LogP contribution in [0.4, 0.5) is 11.4 Å². The van der Waals surface area contributed by atoms with E-state index in [4.69, 9.17) is 4.99 Å². The minimum atomic E-state index is -0.00267. The van der Waals surface area contributed by atoms with Gasteiger partial charge < -0.3 is 10.6 Å². The van der Waals surface area contributed by atoms with Crippen LogP contribution in [-0.2, 0) is 13.1 Å². The molecule has 2 aliphatic heterocycles. The largest absolute Gasteiger partial charge is 0.380 e. The van der Waals surface area contributed by atoms with E-state index >= 15 is 0 Å². The van der Waals surface area contributed by atoms with Gasteiger partial charge >= 0.3 is 0 Å². The smallest absolute Gasteiger partial charge is 0.0940 e. The zero-order valence-electron chi connectivity index (χ0n) is 15.0. The number of aliphatic imine (C=N–C) groups is 1. The van der Waals surface area contributed by atoms with Crippen LogP contribution < -0.4 is 10.6 Å². The first-order valence-electron chi connectivity index (χ1n) is 9.36. The second-order valence-corrected chi connectivity index (χ2v) is 6.95. The number of nitrogens with zero attached hydrogens (tertiary/aromatic N) is 1. The Bertz CT molecular complexity index is 969. The van der Waals surface area contributed by atoms with Crippen LogP contribution in [0.2, 0.25) is 0 Å². The summed E-state index contributed by atoms with van der Waals surface area (Å²) in [4.78, 5) is 4.99. The van der Waals surface area contributed by atoms with Gasteiger partial charge in [-0.1, -0.05) is 66.7 Å². The Morgan fingerprint density at radius 2 is 1.33 bits per heavy atom. The van der Waals surface area contributed by atoms with Gasteiger partial charge in [0.15, 0.2) is 0 Å². The predicted octanol–water partition coefficient (Wildman–Crippen LogP) is 5.41. The lowest BCUT2D eigenvalue weighted by Gasteiger charge is -2.18. The molecule has 3 nitrogen and oxygen atoms in total. The van der Waals surface area contributed by atoms with E-state index in [1.54, 1.807) is 0 Å². The number of anilines is 2. The van der Waals surface area contributed by atoms with Crippen LogP contribution in [-0.4, -0.2) is 6.21 Å². The van der Waals surface area contributed by atoms with E-state index in [2.05, 4.69) is 89.5 Å². The maximum Gasteiger partial charge on any atom is 0.0940 e. The van der Waals surface area contributed by atoms with Crippen LogP contribution in [0.3, 0.4) is 0 Å². The van der Waals surface area contributed by atoms with Crippen molar-refractivity contribution in [1.82, 2.24) is 0 Å². The van der Waals surface area contributed by atoms with Crippen molar-refractivity contribution in [2.75, 3.05) is 10.6 Å². The molecule has 2 aliphatic rings. The number of benzene rings is 3. The SMILES string of the molecule is C1=CC2N=Cc3ccccc3NCc3cccc(c32)CNc2ccccc21. The van der Waals surface area contributed by atoms with Crippen LogP contribution >= 0.6 is 0 Å². The van der Waals surface area contributed by atoms with Gasteiger partial charge in [-0.05, 0) is 34.4 Å². The number of fused-ring (bicyclic) bond motifs is 2. The number of nitrogens with one attached hydrogen (secondary N) is 2. The number of rotatable bonds is 0. The Morgan fingerprint density at radius 1 is 0.704 bits per heavy atom. The summed E-state index contributed by atoms with van der Waals surface area (Å²) < 4.78 is 0. The monoisotopic (exact) mass is 351 g/mol. The first-order valence-corrected chi connectivity index (χ1v) is 9.36. The van der Waals surface area contributed by atoms with Gasteiger partial charge in [-0.15, -0.1) is 0 Å². The van der Waals surface area contributed by atoms with Crippen molar-refractivity contribution in [1.29, 1.82) is 0 Å². The van der Waals surface area contributed by atoms with Crippen LogP contribution in [0.15, 0.2) is 77.8 Å². The summed E-state index contributed by atoms with van der Waals surface area (Å²) >= 11 is 0. The highest BCUT2D eigenvalue weighted by atomic mass is 14.9. The van der Waals surface area contributed by atoms with Crippen LogP contribution in [0.1, 0.15) is 33.9 Å². The van der Waals surface area contributed by atoms with Gasteiger partial charge in [0, 0.05) is 36.2 Å². The van der Waals surface area contributed by atoms with Crippen molar-refractivity contribution < 1.29 is 0 Å². The van der Waals surface area contributed by atoms with Gasteiger partial charge in [-0.25, -0.2) is 0 Å². The Kier molecular flexibility index (Phi) is 3.98. The molecule has 1 atom stereocenters. The molecule has 0 radical (unpaired) electrons. The van der Waals surface area contributed by atoms with Crippen molar-refractivity contribution in [3.63, 3.8) is 0 Å². The van der Waals surface area contributed by atoms with E-state index in [1.165, 1.54) is 22.3 Å². The van der Waals surface area contributed by atoms with E-state index in [9.17, 15) is 0 Å². The Hall–Kier alpha value is -3.33. The molecule has 0 amide bonds. The molecule has 132 valence electrons. The lowest BCUT2D eigenvalue weighted by molar-refractivity contribution is 0.874. The minimum Gasteiger partial charge on any atom is -0.380 e. The second-order valence-electron chi connectivity index (χ2n) is 6.95. The number of hydrogen-bond donors (Lipinski definition) is 2. The summed E-state index contributed by atoms with van der Waals surface area (Å²) in [5.41, 5.74) is 8.49. The molecule has 5 rings (SSSR count). The summed E-state index contributed by atoms with van der Waals surface area (Å²) in [6.45, 7) is 1.58. The molecule has 3 heteroatoms. The predicted molar refractivity (Wildman–Crippen MR) is 113 cm³/mol. The Morgan fingerprint density at radius 3 is 2.07 bits per heavy atom. The summed E-state index contributed by atoms with van der Waals surface area (Å²) in [6.07, 6.45) is 6.41. The molecule has 0 aromatic heterocycles. The molecule has 0 fully saturated rings. The molecule has 1 unspecified atom stereocenters. The highest BCUT2D eigenvalue weighted by Crippen LogP contribution is 2.33. The highest BCUT2D eigenvalue weighted by Gasteiger charge is 2.19. The summed E-state index contributed by atoms with van der Waals surface area (Å²) in [6, 6.07) is 23.3. The van der Waals surface area contributed by atoms with E-state index < -0.39 is 0 Å². The standard InChI is InChI=1S/C24H21N3/c1-3-10-21-17(6-1)12-13-23-24-19(15-25-21)8-5-9-20(24)16-26-22-11-4-2-7-18(22)14-27-23/h1-14,23,25-26H,15-16H2. The van der Waals surface area contributed by atoms with Crippen molar-refractivity contribution in [2.24, 2.45) is 4.99 Å². The van der Waals surface area contributed by atoms with Gasteiger partial charge in [-0.3, -0.25) is 4.99 Å². The lowest BCUT2D eigenvalue weighted by atomic mass is 9.94. The highest BCUT2D eigenvalue weighted by molar-refractivity contribution is 5.88. The summed E-state index contributed by atoms with van der Waals surface area (Å²) in [5.74, 6) is 0. The third-order valence-corrected chi connectivity index (χ3v) is 5.27. The van der Waals surface area contributed by atoms with Gasteiger partial charge in [0.2, 0.25) is 0 Å². The van der Waals surface area contributed by atoms with Crippen molar-refractivity contribution in [3.05, 3.63) is 101 Å². The zero-order valence-corrected chi connectivity index (χ0v) is 15.0. The minimum absolute atomic E-state index is 0.00267. The van der Waals surface area contributed by atoms with Gasteiger partial charge in [0.1, 0.15) is 0 Å². The average molecular weight is 351 g/mol. The average Bonchev–Trinajstić information content (AvgIpc) is 2.84. The molecule has 2 N–H and O–H groups in total. The van der Waals surface area contributed by atoms with E-state index in [0.29, 0.717) is 0 Å². The van der Waals surface area contributed by atoms with Crippen molar-refractivity contribution in [3.8, 4) is 0 Å². The second kappa shape index (κ2) is 6.76. The van der Waals surface area contributed by atoms with Crippen molar-refractivity contribution in [2.45, 2.75) is 19.1 Å². The van der Waals surface area contributed by atoms with E-state index in [-0.39, 0.29) is 6.04 Å². The quantitative estimate of drug-likeness (QED) is 0.568. The molecule has 3 aromatic carbocycles. The van der Waals surface area contributed by atoms with Gasteiger partial charge in [0.05, 0.1) is 6.04 Å². The third kappa shape index (κ3) is 3.02. The molecule has 3 aromatic rings. The normalized spacial score (nSPS) is 17.3. The lowest BCUT2D eigenvalue weighted by Crippen LogP contribution is -2.09. The molecular weight excluding hydrogens is 330 g/mol. The van der Waals surface area contributed by atoms with Crippen molar-refractivity contribution >= 4 is 23.7 Å². The first kappa shape index (κ1) is 15.9. The Labute approximate surface area is 159 Å². The van der Waals surface area contributed by atoms with Crippen LogP contribution in [0, 0.1) is 0 Å². The summed E-state index contributed by atoms with van der Waals surface area (Å²) in [5, 5.41) is 7.19. The topological polar surface area (TPSA) is 36.4 Å². The summed E-state index contributed by atoms with van der Waals surface area (Å²) in [7, 11) is 0. The maximum atomic E-state index is 4.99. The van der Waals surface area contributed by atoms with E-state index in [0.717, 1.165) is 30.0 Å². The van der Waals surface area contributed by atoms with E-state index in [1.807, 2.05) is 6.21 Å². The maximum absolute atomic E-state index is 4.99. The molecule has 2 heterocycles. The fourth-order valence-electron chi connectivity index (χ4n) is 3.89. The first-order chi connectivity index (χ1) is 13.4. The molecule has 27 heavy (non-hydrogen) atoms. The molecule has 0 bridgehead atoms. The number of para-hydroxylation sites is 2. The molecular formula is C24H21N3. The fraction of sp³-hybridized carbons (Fsp3) is 0.125. The molecule has 0 saturated carbocycles. The molecule has 0 aliphatic carbocycles. The van der Waals surface area contributed by atoms with Gasteiger partial charge in [-0.2, -0.15) is 0 Å². The third-order valence-electron chi connectivity index (χ3n) is 5.27. The molecule has 0 spiro atoms. The fourth-order valence-corrected chi connectivity index (χ4v) is 3.89. The Balaban J connectivity index is 1.68.